The second-order valence-corrected chi connectivity index (χ2v) is 4.23. The van der Waals surface area contributed by atoms with Crippen LogP contribution in [0.3, 0.4) is 0 Å². The molecule has 0 saturated heterocycles. The van der Waals surface area contributed by atoms with Crippen LogP contribution in [0.5, 0.6) is 0 Å². The van der Waals surface area contributed by atoms with Gasteiger partial charge in [0, 0.05) is 11.1 Å². The second-order valence-electron chi connectivity index (χ2n) is 4.23. The van der Waals surface area contributed by atoms with E-state index in [9.17, 15) is 9.18 Å². The number of nitrogens with one attached hydrogen (secondary N) is 1. The number of hydrogen-bond acceptors (Lipinski definition) is 3. The zero-order valence-corrected chi connectivity index (χ0v) is 8.46. The summed E-state index contributed by atoms with van der Waals surface area (Å²) >= 11 is 0. The Morgan fingerprint density at radius 3 is 2.88 bits per heavy atom. The van der Waals surface area contributed by atoms with E-state index < -0.39 is 11.2 Å². The zero-order chi connectivity index (χ0) is 11.3. The third kappa shape index (κ3) is 1.32. The molecule has 16 heavy (non-hydrogen) atoms. The number of hydrogen-bond donors (Lipinski definition) is 2. The molecule has 1 saturated carbocycles. The Bertz CT molecular complexity index is 631. The third-order valence-corrected chi connectivity index (χ3v) is 2.97. The number of nitrogens with zero attached hydrogens (tertiary/aromatic N) is 1. The van der Waals surface area contributed by atoms with Crippen LogP contribution in [-0.2, 0) is 5.54 Å². The first kappa shape index (κ1) is 9.47. The molecule has 1 aromatic carbocycles. The summed E-state index contributed by atoms with van der Waals surface area (Å²) in [5.41, 5.74) is 6.17. The van der Waals surface area contributed by atoms with Crippen LogP contribution in [0, 0.1) is 5.82 Å². The molecule has 3 N–H and O–H groups in total. The number of aromatic amines is 1. The van der Waals surface area contributed by atoms with Gasteiger partial charge in [0.1, 0.15) is 5.82 Å². The maximum absolute atomic E-state index is 13.2. The van der Waals surface area contributed by atoms with Gasteiger partial charge >= 0.3 is 5.69 Å². The van der Waals surface area contributed by atoms with Crippen molar-refractivity contribution < 1.29 is 4.39 Å². The average Bonchev–Trinajstić information content (AvgIpc) is 2.97. The summed E-state index contributed by atoms with van der Waals surface area (Å²) in [5.74, 6) is -0.355. The van der Waals surface area contributed by atoms with Crippen LogP contribution in [0.1, 0.15) is 18.5 Å². The molecule has 1 aliphatic carbocycles. The number of benzene rings is 1. The van der Waals surface area contributed by atoms with Gasteiger partial charge in [-0.25, -0.2) is 9.18 Å². The number of fused-ring (bicyclic) bond motifs is 1. The fraction of sp³-hybridized carbons (Fsp3) is 0.273. The van der Waals surface area contributed by atoms with E-state index in [1.807, 2.05) is 0 Å². The summed E-state index contributed by atoms with van der Waals surface area (Å²) in [6.07, 6.45) is 1.61. The van der Waals surface area contributed by atoms with Crippen LogP contribution in [-0.4, -0.2) is 9.97 Å². The van der Waals surface area contributed by atoms with Gasteiger partial charge in [0.2, 0.25) is 0 Å². The summed E-state index contributed by atoms with van der Waals surface area (Å²) in [7, 11) is 0. The summed E-state index contributed by atoms with van der Waals surface area (Å²) in [5, 5.41) is 0.597. The van der Waals surface area contributed by atoms with Crippen molar-refractivity contribution >= 4 is 10.9 Å². The highest BCUT2D eigenvalue weighted by Crippen LogP contribution is 2.43. The molecule has 82 valence electrons. The summed E-state index contributed by atoms with van der Waals surface area (Å²) in [6.45, 7) is 0. The zero-order valence-electron chi connectivity index (χ0n) is 8.46. The predicted molar refractivity (Wildman–Crippen MR) is 57.4 cm³/mol. The highest BCUT2D eigenvalue weighted by molar-refractivity contribution is 5.82. The van der Waals surface area contributed by atoms with Crippen molar-refractivity contribution in [1.82, 2.24) is 9.97 Å². The SMILES string of the molecule is NC1(c2[nH]c(=O)nc3ccc(F)cc23)CC1. The molecule has 0 aliphatic heterocycles. The topological polar surface area (TPSA) is 71.8 Å². The van der Waals surface area contributed by atoms with E-state index >= 15 is 0 Å². The van der Waals surface area contributed by atoms with Gasteiger partial charge in [-0.15, -0.1) is 0 Å². The van der Waals surface area contributed by atoms with E-state index in [1.165, 1.54) is 18.2 Å². The molecule has 1 aliphatic rings. The molecular weight excluding hydrogens is 209 g/mol. The molecule has 0 amide bonds. The number of halogens is 1. The van der Waals surface area contributed by atoms with Gasteiger partial charge in [-0.3, -0.25) is 0 Å². The van der Waals surface area contributed by atoms with Gasteiger partial charge in [0.05, 0.1) is 11.1 Å². The van der Waals surface area contributed by atoms with Crippen molar-refractivity contribution in [3.63, 3.8) is 0 Å². The smallest absolute Gasteiger partial charge is 0.320 e. The monoisotopic (exact) mass is 219 g/mol. The fourth-order valence-corrected chi connectivity index (χ4v) is 1.89. The van der Waals surface area contributed by atoms with Crippen molar-refractivity contribution in [1.29, 1.82) is 0 Å². The van der Waals surface area contributed by atoms with Crippen LogP contribution in [0.2, 0.25) is 0 Å². The number of rotatable bonds is 1. The molecule has 0 unspecified atom stereocenters. The molecule has 2 aromatic rings. The van der Waals surface area contributed by atoms with E-state index in [4.69, 9.17) is 5.73 Å². The first-order valence-electron chi connectivity index (χ1n) is 5.07. The molecule has 1 heterocycles. The minimum atomic E-state index is -0.506. The van der Waals surface area contributed by atoms with E-state index in [1.54, 1.807) is 0 Å². The maximum atomic E-state index is 13.2. The minimum absolute atomic E-state index is 0.355. The standard InChI is InChI=1S/C11H10FN3O/c12-6-1-2-8-7(5-6)9(11(13)3-4-11)15-10(16)14-8/h1-2,5H,3-4,13H2,(H,14,15,16). The fourth-order valence-electron chi connectivity index (χ4n) is 1.89. The Morgan fingerprint density at radius 1 is 1.44 bits per heavy atom. The lowest BCUT2D eigenvalue weighted by Crippen LogP contribution is -2.25. The van der Waals surface area contributed by atoms with Crippen molar-refractivity contribution in [2.75, 3.05) is 0 Å². The molecule has 5 heteroatoms. The van der Waals surface area contributed by atoms with E-state index in [2.05, 4.69) is 9.97 Å². The lowest BCUT2D eigenvalue weighted by Gasteiger charge is -2.11. The Labute approximate surface area is 90.3 Å². The molecule has 4 nitrogen and oxygen atoms in total. The summed E-state index contributed by atoms with van der Waals surface area (Å²) < 4.78 is 13.2. The molecule has 0 radical (unpaired) electrons. The Kier molecular flexibility index (Phi) is 1.71. The molecular formula is C11H10FN3O. The minimum Gasteiger partial charge on any atom is -0.320 e. The average molecular weight is 219 g/mol. The lowest BCUT2D eigenvalue weighted by molar-refractivity contribution is 0.628. The first-order valence-corrected chi connectivity index (χ1v) is 5.07. The second kappa shape index (κ2) is 2.89. The van der Waals surface area contributed by atoms with Gasteiger partial charge in [-0.05, 0) is 31.0 Å². The molecule has 3 rings (SSSR count). The van der Waals surface area contributed by atoms with Crippen LogP contribution >= 0.6 is 0 Å². The molecule has 1 fully saturated rings. The quantitative estimate of drug-likeness (QED) is 0.751. The van der Waals surface area contributed by atoms with E-state index in [-0.39, 0.29) is 5.82 Å². The highest BCUT2D eigenvalue weighted by Gasteiger charge is 2.42. The number of aromatic nitrogens is 2. The third-order valence-electron chi connectivity index (χ3n) is 2.97. The Hall–Kier alpha value is -1.75. The highest BCUT2D eigenvalue weighted by atomic mass is 19.1. The van der Waals surface area contributed by atoms with Gasteiger partial charge in [-0.1, -0.05) is 0 Å². The first-order chi connectivity index (χ1) is 7.58. The molecule has 1 aromatic heterocycles. The van der Waals surface area contributed by atoms with Crippen LogP contribution in [0.4, 0.5) is 4.39 Å². The van der Waals surface area contributed by atoms with Gasteiger partial charge < -0.3 is 10.7 Å². The van der Waals surface area contributed by atoms with Crippen molar-refractivity contribution in [2.45, 2.75) is 18.4 Å². The van der Waals surface area contributed by atoms with Crippen LogP contribution < -0.4 is 11.4 Å². The van der Waals surface area contributed by atoms with E-state index in [0.717, 1.165) is 12.8 Å². The van der Waals surface area contributed by atoms with Crippen LogP contribution in [0.15, 0.2) is 23.0 Å². The van der Waals surface area contributed by atoms with Crippen molar-refractivity contribution in [2.24, 2.45) is 5.73 Å². The number of nitrogens with two attached hydrogens (primary N) is 1. The molecule has 0 spiro atoms. The van der Waals surface area contributed by atoms with Gasteiger partial charge in [0.25, 0.3) is 0 Å². The van der Waals surface area contributed by atoms with Crippen LogP contribution in [0.25, 0.3) is 10.9 Å². The maximum Gasteiger partial charge on any atom is 0.345 e. The predicted octanol–water partition coefficient (Wildman–Crippen LogP) is 1.01. The van der Waals surface area contributed by atoms with Gasteiger partial charge in [0.15, 0.2) is 0 Å². The van der Waals surface area contributed by atoms with Crippen molar-refractivity contribution in [3.8, 4) is 0 Å². The molecule has 0 atom stereocenters. The lowest BCUT2D eigenvalue weighted by atomic mass is 10.1. The largest absolute Gasteiger partial charge is 0.345 e. The van der Waals surface area contributed by atoms with E-state index in [0.29, 0.717) is 16.6 Å². The Morgan fingerprint density at radius 2 is 2.19 bits per heavy atom. The van der Waals surface area contributed by atoms with Gasteiger partial charge in [-0.2, -0.15) is 4.98 Å². The molecule has 0 bridgehead atoms. The normalized spacial score (nSPS) is 17.6. The van der Waals surface area contributed by atoms with Crippen molar-refractivity contribution in [3.05, 3.63) is 40.2 Å². The number of H-pyrrole nitrogens is 1. The Balaban J connectivity index is 2.41. The summed E-state index contributed by atoms with van der Waals surface area (Å²) in [6, 6.07) is 4.14. The summed E-state index contributed by atoms with van der Waals surface area (Å²) in [4.78, 5) is 17.8.